The van der Waals surface area contributed by atoms with E-state index in [0.29, 0.717) is 0 Å². The van der Waals surface area contributed by atoms with Crippen LogP contribution in [0.4, 0.5) is 0 Å². The van der Waals surface area contributed by atoms with E-state index in [0.717, 1.165) is 6.08 Å². The Morgan fingerprint density at radius 2 is 2.38 bits per heavy atom. The van der Waals surface area contributed by atoms with Crippen molar-refractivity contribution in [3.8, 4) is 0 Å². The Bertz CT molecular complexity index is 210. The fourth-order valence-corrected chi connectivity index (χ4v) is 0.300. The van der Waals surface area contributed by atoms with Crippen molar-refractivity contribution in [2.24, 2.45) is 9.98 Å². The van der Waals surface area contributed by atoms with Crippen molar-refractivity contribution in [1.29, 1.82) is 0 Å². The minimum absolute atomic E-state index is 0.343. The number of hydrogen-bond donors (Lipinski definition) is 1. The number of carbonyl (C=O) groups is 1. The summed E-state index contributed by atoms with van der Waals surface area (Å²) < 4.78 is 0. The van der Waals surface area contributed by atoms with Crippen molar-refractivity contribution in [2.75, 3.05) is 0 Å². The van der Waals surface area contributed by atoms with Crippen LogP contribution in [0.2, 0.25) is 0 Å². The van der Waals surface area contributed by atoms with Gasteiger partial charge in [-0.25, -0.2) is 0 Å². The molecular weight excluding hydrogens is 108 g/mol. The van der Waals surface area contributed by atoms with E-state index in [1.807, 2.05) is 6.01 Å². The van der Waals surface area contributed by atoms with E-state index in [4.69, 9.17) is 5.11 Å². The SMILES string of the molecule is O=C1C=C(O)N=C=N1. The van der Waals surface area contributed by atoms with Gasteiger partial charge in [-0.05, 0) is 0 Å². The molecule has 1 amide bonds. The van der Waals surface area contributed by atoms with Gasteiger partial charge in [0.2, 0.25) is 5.88 Å². The van der Waals surface area contributed by atoms with Crippen LogP contribution in [0.25, 0.3) is 0 Å². The molecule has 1 rings (SSSR count). The standard InChI is InChI=1S/C4H2N2O2/c7-3-1-4(8)6-2-5-3/h1,7H. The van der Waals surface area contributed by atoms with Crippen LogP contribution < -0.4 is 0 Å². The van der Waals surface area contributed by atoms with Gasteiger partial charge in [-0.2, -0.15) is 0 Å². The average molecular weight is 110 g/mol. The van der Waals surface area contributed by atoms with Crippen molar-refractivity contribution in [3.05, 3.63) is 12.0 Å². The Hall–Kier alpha value is -1.41. The number of amides is 1. The molecule has 0 aromatic rings. The highest BCUT2D eigenvalue weighted by molar-refractivity contribution is 5.93. The number of aliphatic hydroxyl groups excluding tert-OH is 1. The highest BCUT2D eigenvalue weighted by atomic mass is 16.3. The third kappa shape index (κ3) is 0.802. The van der Waals surface area contributed by atoms with Crippen LogP contribution in [0.3, 0.4) is 0 Å². The molecule has 0 aromatic heterocycles. The zero-order chi connectivity index (χ0) is 5.98. The first-order valence-corrected chi connectivity index (χ1v) is 1.90. The number of nitrogens with zero attached hydrogens (tertiary/aromatic N) is 2. The van der Waals surface area contributed by atoms with Gasteiger partial charge in [0.25, 0.3) is 5.91 Å². The second kappa shape index (κ2) is 1.60. The van der Waals surface area contributed by atoms with Crippen LogP contribution in [0.5, 0.6) is 0 Å². The lowest BCUT2D eigenvalue weighted by atomic mass is 10.5. The molecule has 0 bridgehead atoms. The molecule has 0 atom stereocenters. The summed E-state index contributed by atoms with van der Waals surface area (Å²) >= 11 is 0. The molecule has 0 radical (unpaired) electrons. The fourth-order valence-electron chi connectivity index (χ4n) is 0.300. The number of carbonyl (C=O) groups excluding carboxylic acids is 1. The predicted octanol–water partition coefficient (Wildman–Crippen LogP) is 0.0999. The zero-order valence-electron chi connectivity index (χ0n) is 3.83. The minimum atomic E-state index is -0.530. The normalized spacial score (nSPS) is 16.5. The van der Waals surface area contributed by atoms with Gasteiger partial charge in [0.05, 0.1) is 6.08 Å². The zero-order valence-corrected chi connectivity index (χ0v) is 3.83. The summed E-state index contributed by atoms with van der Waals surface area (Å²) in [6.07, 6.45) is 0.913. The second-order valence-corrected chi connectivity index (χ2v) is 1.16. The summed E-state index contributed by atoms with van der Waals surface area (Å²) in [7, 11) is 0. The molecule has 0 saturated carbocycles. The first kappa shape index (κ1) is 4.74. The summed E-state index contributed by atoms with van der Waals surface area (Å²) in [5.41, 5.74) is 0. The molecule has 0 aliphatic carbocycles. The summed E-state index contributed by atoms with van der Waals surface area (Å²) in [5.74, 6) is -0.873. The Morgan fingerprint density at radius 3 is 2.75 bits per heavy atom. The molecule has 0 saturated heterocycles. The van der Waals surface area contributed by atoms with E-state index in [-0.39, 0.29) is 5.88 Å². The van der Waals surface area contributed by atoms with Gasteiger partial charge in [0.15, 0.2) is 0 Å². The van der Waals surface area contributed by atoms with Crippen molar-refractivity contribution in [1.82, 2.24) is 0 Å². The minimum Gasteiger partial charge on any atom is -0.493 e. The Kier molecular flexibility index (Phi) is 0.946. The van der Waals surface area contributed by atoms with Crippen LogP contribution in [0, 0.1) is 0 Å². The molecular formula is C4H2N2O2. The van der Waals surface area contributed by atoms with Crippen molar-refractivity contribution in [2.45, 2.75) is 0 Å². The molecule has 1 aliphatic rings. The quantitative estimate of drug-likeness (QED) is 0.480. The van der Waals surface area contributed by atoms with Gasteiger partial charge in [-0.15, -0.1) is 9.98 Å². The average Bonchev–Trinajstić information content (AvgIpc) is 1.64. The smallest absolute Gasteiger partial charge is 0.284 e. The lowest BCUT2D eigenvalue weighted by molar-refractivity contribution is -0.113. The van der Waals surface area contributed by atoms with E-state index in [1.54, 1.807) is 0 Å². The largest absolute Gasteiger partial charge is 0.493 e. The number of rotatable bonds is 0. The molecule has 1 N–H and O–H groups in total. The Morgan fingerprint density at radius 1 is 1.62 bits per heavy atom. The van der Waals surface area contributed by atoms with Crippen molar-refractivity contribution in [3.63, 3.8) is 0 Å². The van der Waals surface area contributed by atoms with Gasteiger partial charge in [-0.3, -0.25) is 4.79 Å². The van der Waals surface area contributed by atoms with Gasteiger partial charge in [-0.1, -0.05) is 0 Å². The van der Waals surface area contributed by atoms with Crippen molar-refractivity contribution < 1.29 is 9.90 Å². The molecule has 1 aliphatic heterocycles. The number of aliphatic hydroxyl groups is 1. The molecule has 0 spiro atoms. The molecule has 4 nitrogen and oxygen atoms in total. The van der Waals surface area contributed by atoms with E-state index in [9.17, 15) is 4.79 Å². The topological polar surface area (TPSA) is 62.0 Å². The third-order valence-corrected chi connectivity index (χ3v) is 0.577. The number of aliphatic imine (C=N–C) groups is 2. The molecule has 0 unspecified atom stereocenters. The van der Waals surface area contributed by atoms with Crippen LogP contribution in [-0.2, 0) is 4.79 Å². The summed E-state index contributed by atoms with van der Waals surface area (Å²) in [6, 6.07) is 1.97. The van der Waals surface area contributed by atoms with Gasteiger partial charge in [0.1, 0.15) is 6.01 Å². The monoisotopic (exact) mass is 110 g/mol. The first-order chi connectivity index (χ1) is 3.79. The maximum absolute atomic E-state index is 10.1. The van der Waals surface area contributed by atoms with E-state index in [2.05, 4.69) is 9.98 Å². The highest BCUT2D eigenvalue weighted by Gasteiger charge is 1.98. The number of hydrogen-bond acceptors (Lipinski definition) is 3. The molecule has 40 valence electrons. The Labute approximate surface area is 44.9 Å². The maximum Gasteiger partial charge on any atom is 0.284 e. The summed E-state index contributed by atoms with van der Waals surface area (Å²) in [4.78, 5) is 16.4. The highest BCUT2D eigenvalue weighted by Crippen LogP contribution is 1.93. The lowest BCUT2D eigenvalue weighted by Crippen LogP contribution is -1.92. The fraction of sp³-hybridized carbons (Fsp3) is 0. The lowest BCUT2D eigenvalue weighted by Gasteiger charge is -1.86. The van der Waals surface area contributed by atoms with Crippen LogP contribution in [0.1, 0.15) is 0 Å². The maximum atomic E-state index is 10.1. The first-order valence-electron chi connectivity index (χ1n) is 1.90. The third-order valence-electron chi connectivity index (χ3n) is 0.577. The van der Waals surface area contributed by atoms with Gasteiger partial charge < -0.3 is 5.11 Å². The van der Waals surface area contributed by atoms with E-state index >= 15 is 0 Å². The molecule has 0 fully saturated rings. The van der Waals surface area contributed by atoms with Crippen LogP contribution >= 0.6 is 0 Å². The van der Waals surface area contributed by atoms with Crippen molar-refractivity contribution >= 4 is 11.9 Å². The van der Waals surface area contributed by atoms with E-state index < -0.39 is 5.91 Å². The van der Waals surface area contributed by atoms with Crippen LogP contribution in [0.15, 0.2) is 21.9 Å². The van der Waals surface area contributed by atoms with Crippen LogP contribution in [-0.4, -0.2) is 17.0 Å². The molecule has 1 heterocycles. The predicted molar refractivity (Wildman–Crippen MR) is 25.6 cm³/mol. The second-order valence-electron chi connectivity index (χ2n) is 1.16. The van der Waals surface area contributed by atoms with Gasteiger partial charge in [0, 0.05) is 0 Å². The molecule has 8 heavy (non-hydrogen) atoms. The Balaban J connectivity index is 3.03. The summed E-state index contributed by atoms with van der Waals surface area (Å²) in [5, 5.41) is 8.43. The van der Waals surface area contributed by atoms with E-state index in [1.165, 1.54) is 0 Å². The summed E-state index contributed by atoms with van der Waals surface area (Å²) in [6.45, 7) is 0. The molecule has 4 heteroatoms. The molecule has 0 aromatic carbocycles. The van der Waals surface area contributed by atoms with Gasteiger partial charge >= 0.3 is 0 Å².